The first-order valence-electron chi connectivity index (χ1n) is 4.80. The third-order valence-corrected chi connectivity index (χ3v) is 3.42. The molecule has 0 aromatic rings. The summed E-state index contributed by atoms with van der Waals surface area (Å²) in [6.45, 7) is 2.23. The second kappa shape index (κ2) is 3.21. The van der Waals surface area contributed by atoms with E-state index in [4.69, 9.17) is 18.0 Å². The number of rotatable bonds is 0. The van der Waals surface area contributed by atoms with Crippen molar-refractivity contribution in [1.82, 2.24) is 4.90 Å². The lowest BCUT2D eigenvalue weighted by Crippen LogP contribution is -2.47. The van der Waals surface area contributed by atoms with Gasteiger partial charge in [-0.3, -0.25) is 0 Å². The first kappa shape index (κ1) is 8.30. The molecule has 2 rings (SSSR count). The second-order valence-corrected chi connectivity index (χ2v) is 4.56. The zero-order valence-electron chi connectivity index (χ0n) is 7.33. The highest BCUT2D eigenvalue weighted by atomic mass is 32.1. The lowest BCUT2D eigenvalue weighted by molar-refractivity contribution is 0.137. The van der Waals surface area contributed by atoms with E-state index in [9.17, 15) is 0 Å². The Morgan fingerprint density at radius 1 is 1.25 bits per heavy atom. The van der Waals surface area contributed by atoms with Gasteiger partial charge in [0.2, 0.25) is 0 Å². The quantitative estimate of drug-likeness (QED) is 0.576. The van der Waals surface area contributed by atoms with Gasteiger partial charge in [0.05, 0.1) is 0 Å². The fourth-order valence-electron chi connectivity index (χ4n) is 2.61. The van der Waals surface area contributed by atoms with Crippen molar-refractivity contribution in [3.05, 3.63) is 0 Å². The monoisotopic (exact) mass is 184 g/mol. The smallest absolute Gasteiger partial charge is 0.166 e. The fourth-order valence-corrected chi connectivity index (χ4v) is 2.76. The minimum Gasteiger partial charge on any atom is -0.376 e. The molecule has 0 unspecified atom stereocenters. The van der Waals surface area contributed by atoms with Crippen molar-refractivity contribution in [2.75, 3.05) is 13.1 Å². The second-order valence-electron chi connectivity index (χ2n) is 4.14. The fraction of sp³-hybridized carbons (Fsp3) is 0.889. The summed E-state index contributed by atoms with van der Waals surface area (Å²) in [6.07, 6.45) is 5.60. The standard InChI is InChI=1S/C9H16N2S/c10-9(12)11-5-7-2-1-3-8(4-7)6-11/h7-8H,1-6H2,(H2,10,12)/t7-,8-/m1/s1. The number of thiocarbonyl (C=S) groups is 1. The van der Waals surface area contributed by atoms with Gasteiger partial charge in [-0.1, -0.05) is 6.42 Å². The lowest BCUT2D eigenvalue weighted by Gasteiger charge is -2.41. The highest BCUT2D eigenvalue weighted by Crippen LogP contribution is 2.33. The third kappa shape index (κ3) is 1.56. The molecule has 12 heavy (non-hydrogen) atoms. The molecule has 0 aromatic carbocycles. The minimum absolute atomic E-state index is 0.603. The van der Waals surface area contributed by atoms with Gasteiger partial charge in [0, 0.05) is 13.1 Å². The van der Waals surface area contributed by atoms with Crippen molar-refractivity contribution in [2.45, 2.75) is 25.7 Å². The van der Waals surface area contributed by atoms with Crippen LogP contribution < -0.4 is 5.73 Å². The molecule has 1 aliphatic heterocycles. The maximum Gasteiger partial charge on any atom is 0.166 e. The van der Waals surface area contributed by atoms with Gasteiger partial charge in [0.1, 0.15) is 0 Å². The zero-order chi connectivity index (χ0) is 8.55. The summed E-state index contributed by atoms with van der Waals surface area (Å²) in [5.41, 5.74) is 5.63. The van der Waals surface area contributed by atoms with Crippen molar-refractivity contribution >= 4 is 17.3 Å². The van der Waals surface area contributed by atoms with Gasteiger partial charge in [-0.2, -0.15) is 0 Å². The van der Waals surface area contributed by atoms with Gasteiger partial charge >= 0.3 is 0 Å². The van der Waals surface area contributed by atoms with Gasteiger partial charge in [-0.25, -0.2) is 0 Å². The summed E-state index contributed by atoms with van der Waals surface area (Å²) in [6, 6.07) is 0. The summed E-state index contributed by atoms with van der Waals surface area (Å²) in [4.78, 5) is 2.19. The van der Waals surface area contributed by atoms with Crippen molar-refractivity contribution in [3.63, 3.8) is 0 Å². The van der Waals surface area contributed by atoms with Crippen molar-refractivity contribution in [3.8, 4) is 0 Å². The molecule has 0 spiro atoms. The third-order valence-electron chi connectivity index (χ3n) is 3.16. The van der Waals surface area contributed by atoms with Gasteiger partial charge in [0.25, 0.3) is 0 Å². The molecular formula is C9H16N2S. The van der Waals surface area contributed by atoms with Crippen LogP contribution in [0.15, 0.2) is 0 Å². The highest BCUT2D eigenvalue weighted by molar-refractivity contribution is 7.80. The summed E-state index contributed by atoms with van der Waals surface area (Å²) >= 11 is 5.00. The number of piperidine rings is 1. The van der Waals surface area contributed by atoms with Crippen LogP contribution in [0, 0.1) is 11.8 Å². The predicted molar refractivity (Wildman–Crippen MR) is 53.8 cm³/mol. The molecule has 2 aliphatic rings. The molecule has 1 saturated carbocycles. The van der Waals surface area contributed by atoms with Crippen LogP contribution >= 0.6 is 12.2 Å². The topological polar surface area (TPSA) is 29.3 Å². The molecule has 68 valence electrons. The van der Waals surface area contributed by atoms with Crippen molar-refractivity contribution in [1.29, 1.82) is 0 Å². The molecular weight excluding hydrogens is 168 g/mol. The number of nitrogens with two attached hydrogens (primary N) is 1. The van der Waals surface area contributed by atoms with Gasteiger partial charge in [-0.05, 0) is 43.3 Å². The van der Waals surface area contributed by atoms with Crippen LogP contribution in [0.3, 0.4) is 0 Å². The largest absolute Gasteiger partial charge is 0.376 e. The molecule has 0 radical (unpaired) electrons. The normalized spacial score (nSPS) is 34.8. The van der Waals surface area contributed by atoms with Crippen molar-refractivity contribution < 1.29 is 0 Å². The van der Waals surface area contributed by atoms with Gasteiger partial charge < -0.3 is 10.6 Å². The molecule has 3 heteroatoms. The maximum atomic E-state index is 5.63. The number of likely N-dealkylation sites (tertiary alicyclic amines) is 1. The molecule has 1 saturated heterocycles. The summed E-state index contributed by atoms with van der Waals surface area (Å²) in [5, 5.41) is 0.603. The SMILES string of the molecule is NC(=S)N1C[C@@H]2CCC[C@H](C2)C1. The van der Waals surface area contributed by atoms with Crippen LogP contribution in [0.1, 0.15) is 25.7 Å². The summed E-state index contributed by atoms with van der Waals surface area (Å²) < 4.78 is 0. The van der Waals surface area contributed by atoms with E-state index in [1.54, 1.807) is 0 Å². The van der Waals surface area contributed by atoms with E-state index in [0.717, 1.165) is 24.9 Å². The molecule has 1 aliphatic carbocycles. The molecule has 0 amide bonds. The molecule has 1 heterocycles. The van der Waals surface area contributed by atoms with E-state index in [-0.39, 0.29) is 0 Å². The Labute approximate surface area is 79.1 Å². The molecule has 2 atom stereocenters. The van der Waals surface area contributed by atoms with Gasteiger partial charge in [-0.15, -0.1) is 0 Å². The Kier molecular flexibility index (Phi) is 2.22. The number of fused-ring (bicyclic) bond motifs is 2. The number of nitrogens with zero attached hydrogens (tertiary/aromatic N) is 1. The van der Waals surface area contributed by atoms with Crippen molar-refractivity contribution in [2.24, 2.45) is 17.6 Å². The van der Waals surface area contributed by atoms with E-state index in [1.807, 2.05) is 0 Å². The van der Waals surface area contributed by atoms with E-state index < -0.39 is 0 Å². The van der Waals surface area contributed by atoms with Gasteiger partial charge in [0.15, 0.2) is 5.11 Å². The summed E-state index contributed by atoms with van der Waals surface area (Å²) in [5.74, 6) is 1.75. The predicted octanol–water partition coefficient (Wildman–Crippen LogP) is 1.35. The van der Waals surface area contributed by atoms with Crippen LogP contribution in [-0.2, 0) is 0 Å². The Bertz CT molecular complexity index is 181. The first-order chi connectivity index (χ1) is 5.75. The van der Waals surface area contributed by atoms with Crippen LogP contribution in [-0.4, -0.2) is 23.1 Å². The number of hydrogen-bond acceptors (Lipinski definition) is 1. The average Bonchev–Trinajstić information content (AvgIpc) is 2.03. The maximum absolute atomic E-state index is 5.63. The van der Waals surface area contributed by atoms with E-state index >= 15 is 0 Å². The lowest BCUT2D eigenvalue weighted by atomic mass is 9.78. The van der Waals surface area contributed by atoms with Crippen LogP contribution in [0.2, 0.25) is 0 Å². The molecule has 2 fully saturated rings. The van der Waals surface area contributed by atoms with E-state index in [0.29, 0.717) is 5.11 Å². The van der Waals surface area contributed by atoms with Crippen LogP contribution in [0.5, 0.6) is 0 Å². The van der Waals surface area contributed by atoms with Crippen LogP contribution in [0.4, 0.5) is 0 Å². The van der Waals surface area contributed by atoms with Crippen LogP contribution in [0.25, 0.3) is 0 Å². The summed E-state index contributed by atoms with van der Waals surface area (Å²) in [7, 11) is 0. The Balaban J connectivity index is 2.00. The zero-order valence-corrected chi connectivity index (χ0v) is 8.15. The molecule has 0 aromatic heterocycles. The molecule has 2 N–H and O–H groups in total. The average molecular weight is 184 g/mol. The Morgan fingerprint density at radius 3 is 2.33 bits per heavy atom. The Hall–Kier alpha value is -0.310. The number of hydrogen-bond donors (Lipinski definition) is 1. The highest BCUT2D eigenvalue weighted by Gasteiger charge is 2.30. The van der Waals surface area contributed by atoms with E-state index in [2.05, 4.69) is 4.90 Å². The first-order valence-corrected chi connectivity index (χ1v) is 5.21. The Morgan fingerprint density at radius 2 is 1.83 bits per heavy atom. The van der Waals surface area contributed by atoms with E-state index in [1.165, 1.54) is 25.7 Å². The minimum atomic E-state index is 0.603. The molecule has 2 nitrogen and oxygen atoms in total. The molecule has 2 bridgehead atoms.